The normalized spacial score (nSPS) is 12.3. The number of unbranched alkanes of at least 4 members (excludes halogenated alkanes) is 5. The van der Waals surface area contributed by atoms with Crippen LogP contribution >= 0.6 is 11.8 Å². The maximum absolute atomic E-state index is 3.90. The smallest absolute Gasteiger partial charge is 0.0129 e. The summed E-state index contributed by atoms with van der Waals surface area (Å²) in [7, 11) is 0. The second-order valence-corrected chi connectivity index (χ2v) is 6.51. The number of allylic oxidation sites excluding steroid dienone is 1. The zero-order valence-corrected chi connectivity index (χ0v) is 13.1. The van der Waals surface area contributed by atoms with Gasteiger partial charge in [-0.25, -0.2) is 0 Å². The molecule has 0 aliphatic carbocycles. The number of rotatable bonds is 11. The Labute approximate surface area is 123 Å². The maximum atomic E-state index is 3.90. The summed E-state index contributed by atoms with van der Waals surface area (Å²) >= 11 is 2.01. The van der Waals surface area contributed by atoms with Gasteiger partial charge in [-0.2, -0.15) is 0 Å². The molecule has 1 heteroatoms. The zero-order valence-electron chi connectivity index (χ0n) is 12.3. The van der Waals surface area contributed by atoms with E-state index < -0.39 is 0 Å². The fourth-order valence-corrected chi connectivity index (χ4v) is 3.47. The van der Waals surface area contributed by atoms with Gasteiger partial charge in [0.2, 0.25) is 0 Å². The summed E-state index contributed by atoms with van der Waals surface area (Å²) < 4.78 is 0. The van der Waals surface area contributed by atoms with Gasteiger partial charge in [-0.3, -0.25) is 0 Å². The monoisotopic (exact) mass is 276 g/mol. The van der Waals surface area contributed by atoms with Gasteiger partial charge in [0, 0.05) is 10.1 Å². The van der Waals surface area contributed by atoms with Crippen LogP contribution in [0.25, 0.3) is 0 Å². The molecule has 0 spiro atoms. The Kier molecular flexibility index (Phi) is 9.61. The Balaban J connectivity index is 2.23. The van der Waals surface area contributed by atoms with Gasteiger partial charge in [0.15, 0.2) is 0 Å². The summed E-state index contributed by atoms with van der Waals surface area (Å²) in [5.41, 5.74) is 0. The molecular weight excluding hydrogens is 248 g/mol. The first-order valence-corrected chi connectivity index (χ1v) is 8.57. The summed E-state index contributed by atoms with van der Waals surface area (Å²) in [4.78, 5) is 1.39. The van der Waals surface area contributed by atoms with Gasteiger partial charge in [0.25, 0.3) is 0 Å². The van der Waals surface area contributed by atoms with E-state index in [2.05, 4.69) is 49.9 Å². The van der Waals surface area contributed by atoms with E-state index in [1.807, 2.05) is 11.8 Å². The molecule has 0 aliphatic rings. The van der Waals surface area contributed by atoms with Crippen LogP contribution in [0.4, 0.5) is 0 Å². The van der Waals surface area contributed by atoms with Crippen LogP contribution in [0, 0.1) is 0 Å². The lowest BCUT2D eigenvalue weighted by Gasteiger charge is -2.14. The molecule has 0 saturated heterocycles. The molecule has 0 aliphatic heterocycles. The summed E-state index contributed by atoms with van der Waals surface area (Å²) in [5, 5.41) is 0.700. The highest BCUT2D eigenvalue weighted by molar-refractivity contribution is 8.00. The van der Waals surface area contributed by atoms with E-state index >= 15 is 0 Å². The van der Waals surface area contributed by atoms with Crippen molar-refractivity contribution in [3.05, 3.63) is 43.0 Å². The average Bonchev–Trinajstić information content (AvgIpc) is 2.44. The van der Waals surface area contributed by atoms with Crippen molar-refractivity contribution in [3.8, 4) is 0 Å². The fourth-order valence-electron chi connectivity index (χ4n) is 2.25. The zero-order chi connectivity index (χ0) is 13.8. The number of hydrogen-bond acceptors (Lipinski definition) is 1. The van der Waals surface area contributed by atoms with Gasteiger partial charge in [-0.05, 0) is 25.0 Å². The third-order valence-electron chi connectivity index (χ3n) is 3.36. The maximum Gasteiger partial charge on any atom is 0.0129 e. The molecule has 0 nitrogen and oxygen atoms in total. The van der Waals surface area contributed by atoms with E-state index in [0.29, 0.717) is 5.25 Å². The van der Waals surface area contributed by atoms with Crippen molar-refractivity contribution in [2.75, 3.05) is 0 Å². The van der Waals surface area contributed by atoms with E-state index in [0.717, 1.165) is 6.42 Å². The van der Waals surface area contributed by atoms with Crippen LogP contribution in [-0.4, -0.2) is 5.25 Å². The lowest BCUT2D eigenvalue weighted by atomic mass is 10.1. The number of hydrogen-bond donors (Lipinski definition) is 0. The molecule has 0 heterocycles. The van der Waals surface area contributed by atoms with Crippen LogP contribution in [0.3, 0.4) is 0 Å². The van der Waals surface area contributed by atoms with E-state index in [1.54, 1.807) is 0 Å². The van der Waals surface area contributed by atoms with Crippen molar-refractivity contribution >= 4 is 11.8 Å². The molecule has 0 aromatic heterocycles. The summed E-state index contributed by atoms with van der Waals surface area (Å²) in [6.45, 7) is 6.17. The lowest BCUT2D eigenvalue weighted by Crippen LogP contribution is -2.01. The molecule has 1 aromatic carbocycles. The summed E-state index contributed by atoms with van der Waals surface area (Å²) in [5.74, 6) is 0. The SMILES string of the molecule is C=CCC(CCCCCCCC)Sc1ccccc1. The predicted molar refractivity (Wildman–Crippen MR) is 88.9 cm³/mol. The lowest BCUT2D eigenvalue weighted by molar-refractivity contribution is 0.582. The molecule has 19 heavy (non-hydrogen) atoms. The van der Waals surface area contributed by atoms with Gasteiger partial charge in [0.1, 0.15) is 0 Å². The Hall–Kier alpha value is -0.690. The first kappa shape index (κ1) is 16.4. The minimum atomic E-state index is 0.700. The number of benzene rings is 1. The second-order valence-electron chi connectivity index (χ2n) is 5.13. The Morgan fingerprint density at radius 3 is 2.42 bits per heavy atom. The molecule has 0 saturated carbocycles. The first-order chi connectivity index (χ1) is 9.36. The third-order valence-corrected chi connectivity index (χ3v) is 4.66. The predicted octanol–water partition coefficient (Wildman–Crippen LogP) is 6.47. The third kappa shape index (κ3) is 8.15. The van der Waals surface area contributed by atoms with Gasteiger partial charge in [-0.1, -0.05) is 69.7 Å². The van der Waals surface area contributed by atoms with Gasteiger partial charge in [-0.15, -0.1) is 18.3 Å². The van der Waals surface area contributed by atoms with Crippen molar-refractivity contribution in [2.45, 2.75) is 68.4 Å². The van der Waals surface area contributed by atoms with Crippen LogP contribution in [0.5, 0.6) is 0 Å². The Bertz CT molecular complexity index is 318. The highest BCUT2D eigenvalue weighted by atomic mass is 32.2. The van der Waals surface area contributed by atoms with Gasteiger partial charge >= 0.3 is 0 Å². The highest BCUT2D eigenvalue weighted by Crippen LogP contribution is 2.29. The van der Waals surface area contributed by atoms with Crippen molar-refractivity contribution in [3.63, 3.8) is 0 Å². The van der Waals surface area contributed by atoms with E-state index in [4.69, 9.17) is 0 Å². The van der Waals surface area contributed by atoms with Crippen LogP contribution in [-0.2, 0) is 0 Å². The van der Waals surface area contributed by atoms with Gasteiger partial charge in [0.05, 0.1) is 0 Å². The second kappa shape index (κ2) is 11.2. The molecule has 0 fully saturated rings. The molecular formula is C18H28S. The molecule has 1 atom stereocenters. The number of thioether (sulfide) groups is 1. The highest BCUT2D eigenvalue weighted by Gasteiger charge is 2.08. The fraction of sp³-hybridized carbons (Fsp3) is 0.556. The minimum Gasteiger partial charge on any atom is -0.122 e. The van der Waals surface area contributed by atoms with Crippen LogP contribution in [0.1, 0.15) is 58.3 Å². The van der Waals surface area contributed by atoms with Crippen molar-refractivity contribution in [1.82, 2.24) is 0 Å². The summed E-state index contributed by atoms with van der Waals surface area (Å²) in [6.07, 6.45) is 12.8. The molecule has 0 amide bonds. The molecule has 0 bridgehead atoms. The molecule has 1 rings (SSSR count). The minimum absolute atomic E-state index is 0.700. The van der Waals surface area contributed by atoms with E-state index in [1.165, 1.54) is 49.8 Å². The standard InChI is InChI=1S/C18H28S/c1-3-5-6-7-8-10-14-17(13-4-2)19-18-15-11-9-12-16-18/h4,9,11-12,15-17H,2-3,5-8,10,13-14H2,1H3. The average molecular weight is 276 g/mol. The van der Waals surface area contributed by atoms with E-state index in [-0.39, 0.29) is 0 Å². The quantitative estimate of drug-likeness (QED) is 0.253. The molecule has 0 radical (unpaired) electrons. The first-order valence-electron chi connectivity index (χ1n) is 7.69. The summed E-state index contributed by atoms with van der Waals surface area (Å²) in [6, 6.07) is 10.8. The van der Waals surface area contributed by atoms with Crippen molar-refractivity contribution in [2.24, 2.45) is 0 Å². The van der Waals surface area contributed by atoms with Crippen molar-refractivity contribution < 1.29 is 0 Å². The molecule has 1 aromatic rings. The van der Waals surface area contributed by atoms with Crippen molar-refractivity contribution in [1.29, 1.82) is 0 Å². The molecule has 106 valence electrons. The largest absolute Gasteiger partial charge is 0.122 e. The van der Waals surface area contributed by atoms with Crippen LogP contribution in [0.15, 0.2) is 47.9 Å². The van der Waals surface area contributed by atoms with Crippen LogP contribution < -0.4 is 0 Å². The Morgan fingerprint density at radius 1 is 1.05 bits per heavy atom. The van der Waals surface area contributed by atoms with E-state index in [9.17, 15) is 0 Å². The topological polar surface area (TPSA) is 0 Å². The van der Waals surface area contributed by atoms with Crippen LogP contribution in [0.2, 0.25) is 0 Å². The Morgan fingerprint density at radius 2 is 1.74 bits per heavy atom. The molecule has 1 unspecified atom stereocenters. The van der Waals surface area contributed by atoms with Gasteiger partial charge < -0.3 is 0 Å². The molecule has 0 N–H and O–H groups in total.